The van der Waals surface area contributed by atoms with E-state index < -0.39 is 6.67 Å². The molecule has 0 aliphatic rings. The minimum Gasteiger partial charge on any atom is -0.325 e. The number of aromatic nitrogens is 3. The Balaban J connectivity index is 2.41. The molecule has 0 aliphatic carbocycles. The van der Waals surface area contributed by atoms with E-state index in [-0.39, 0.29) is 5.82 Å². The molecule has 17 heavy (non-hydrogen) atoms. The van der Waals surface area contributed by atoms with Crippen LogP contribution in [0.3, 0.4) is 0 Å². The summed E-state index contributed by atoms with van der Waals surface area (Å²) in [7, 11) is 0. The third-order valence-electron chi connectivity index (χ3n) is 2.37. The van der Waals surface area contributed by atoms with Crippen molar-refractivity contribution in [1.82, 2.24) is 15.0 Å². The maximum absolute atomic E-state index is 12.3. The van der Waals surface area contributed by atoms with E-state index in [9.17, 15) is 4.39 Å². The van der Waals surface area contributed by atoms with Gasteiger partial charge in [0, 0.05) is 30.2 Å². The number of pyridine rings is 1. The largest absolute Gasteiger partial charge is 0.325 e. The molecule has 0 radical (unpaired) electrons. The standard InChI is InChI=1S/C12H13FN4/c1-8-2-9(3-11(5-14)17-8)10-6-15-12(4-13)16-7-10/h2-3,6-7H,4-5,14H2,1H3. The van der Waals surface area contributed by atoms with Gasteiger partial charge in [0.1, 0.15) is 6.67 Å². The molecular formula is C12H13FN4. The fraction of sp³-hybridized carbons (Fsp3) is 0.250. The molecule has 0 saturated carbocycles. The number of halogens is 1. The number of hydrogen-bond donors (Lipinski definition) is 1. The summed E-state index contributed by atoms with van der Waals surface area (Å²) in [6.45, 7) is 1.64. The Morgan fingerprint density at radius 1 is 1.18 bits per heavy atom. The topological polar surface area (TPSA) is 64.7 Å². The lowest BCUT2D eigenvalue weighted by molar-refractivity contribution is 0.465. The van der Waals surface area contributed by atoms with Crippen LogP contribution in [0.1, 0.15) is 17.2 Å². The second-order valence-corrected chi connectivity index (χ2v) is 3.71. The summed E-state index contributed by atoms with van der Waals surface area (Å²) < 4.78 is 12.3. The predicted octanol–water partition coefficient (Wildman–Crippen LogP) is 1.78. The summed E-state index contributed by atoms with van der Waals surface area (Å²) in [6.07, 6.45) is 3.22. The molecule has 0 aromatic carbocycles. The van der Waals surface area contributed by atoms with E-state index in [4.69, 9.17) is 5.73 Å². The van der Waals surface area contributed by atoms with E-state index in [0.29, 0.717) is 6.54 Å². The summed E-state index contributed by atoms with van der Waals surface area (Å²) in [5, 5.41) is 0. The van der Waals surface area contributed by atoms with Gasteiger partial charge < -0.3 is 5.73 Å². The van der Waals surface area contributed by atoms with Crippen molar-refractivity contribution < 1.29 is 4.39 Å². The Bertz CT molecular complexity index is 510. The Labute approximate surface area is 98.7 Å². The van der Waals surface area contributed by atoms with Gasteiger partial charge in [-0.05, 0) is 24.6 Å². The van der Waals surface area contributed by atoms with Crippen LogP contribution in [0, 0.1) is 6.92 Å². The highest BCUT2D eigenvalue weighted by atomic mass is 19.1. The molecule has 2 aromatic rings. The van der Waals surface area contributed by atoms with Gasteiger partial charge >= 0.3 is 0 Å². The molecule has 2 aromatic heterocycles. The summed E-state index contributed by atoms with van der Waals surface area (Å²) in [5.41, 5.74) is 9.05. The van der Waals surface area contributed by atoms with Crippen molar-refractivity contribution in [2.24, 2.45) is 5.73 Å². The maximum atomic E-state index is 12.3. The van der Waals surface area contributed by atoms with Crippen LogP contribution in [0.25, 0.3) is 11.1 Å². The summed E-state index contributed by atoms with van der Waals surface area (Å²) in [6, 6.07) is 3.81. The van der Waals surface area contributed by atoms with Crippen molar-refractivity contribution >= 4 is 0 Å². The van der Waals surface area contributed by atoms with Crippen LogP contribution in [0.4, 0.5) is 4.39 Å². The van der Waals surface area contributed by atoms with Crippen LogP contribution in [0.2, 0.25) is 0 Å². The Hall–Kier alpha value is -1.88. The second kappa shape index (κ2) is 4.97. The first kappa shape index (κ1) is 11.6. The molecule has 5 heteroatoms. The van der Waals surface area contributed by atoms with Gasteiger partial charge in [-0.2, -0.15) is 0 Å². The average molecular weight is 232 g/mol. The SMILES string of the molecule is Cc1cc(-c2cnc(CF)nc2)cc(CN)n1. The zero-order valence-electron chi connectivity index (χ0n) is 9.52. The number of rotatable bonds is 3. The van der Waals surface area contributed by atoms with E-state index >= 15 is 0 Å². The van der Waals surface area contributed by atoms with Gasteiger partial charge in [0.15, 0.2) is 5.82 Å². The van der Waals surface area contributed by atoms with E-state index in [2.05, 4.69) is 15.0 Å². The van der Waals surface area contributed by atoms with E-state index in [1.807, 2.05) is 19.1 Å². The molecular weight excluding hydrogens is 219 g/mol. The van der Waals surface area contributed by atoms with Crippen LogP contribution in [-0.2, 0) is 13.2 Å². The second-order valence-electron chi connectivity index (χ2n) is 3.71. The van der Waals surface area contributed by atoms with Crippen molar-refractivity contribution in [3.05, 3.63) is 41.7 Å². The highest BCUT2D eigenvalue weighted by molar-refractivity contribution is 5.62. The van der Waals surface area contributed by atoms with Crippen molar-refractivity contribution in [3.63, 3.8) is 0 Å². The van der Waals surface area contributed by atoms with Gasteiger partial charge in [-0.25, -0.2) is 14.4 Å². The van der Waals surface area contributed by atoms with E-state index in [0.717, 1.165) is 22.5 Å². The van der Waals surface area contributed by atoms with Gasteiger partial charge in [0.25, 0.3) is 0 Å². The summed E-state index contributed by atoms with van der Waals surface area (Å²) >= 11 is 0. The van der Waals surface area contributed by atoms with Crippen LogP contribution >= 0.6 is 0 Å². The highest BCUT2D eigenvalue weighted by Crippen LogP contribution is 2.19. The van der Waals surface area contributed by atoms with Crippen molar-refractivity contribution in [1.29, 1.82) is 0 Å². The lowest BCUT2D eigenvalue weighted by Gasteiger charge is -2.05. The molecule has 0 bridgehead atoms. The molecule has 0 saturated heterocycles. The molecule has 2 heterocycles. The normalized spacial score (nSPS) is 10.5. The zero-order valence-corrected chi connectivity index (χ0v) is 9.52. The lowest BCUT2D eigenvalue weighted by atomic mass is 10.1. The molecule has 88 valence electrons. The quantitative estimate of drug-likeness (QED) is 0.876. The monoisotopic (exact) mass is 232 g/mol. The van der Waals surface area contributed by atoms with Crippen molar-refractivity contribution in [2.75, 3.05) is 0 Å². The smallest absolute Gasteiger partial charge is 0.159 e. The third-order valence-corrected chi connectivity index (χ3v) is 2.37. The number of nitrogens with two attached hydrogens (primary N) is 1. The first-order chi connectivity index (χ1) is 8.22. The predicted molar refractivity (Wildman–Crippen MR) is 62.7 cm³/mol. The van der Waals surface area contributed by atoms with Gasteiger partial charge in [-0.3, -0.25) is 4.98 Å². The molecule has 0 aliphatic heterocycles. The molecule has 0 spiro atoms. The first-order valence-corrected chi connectivity index (χ1v) is 5.28. The van der Waals surface area contributed by atoms with Crippen LogP contribution < -0.4 is 5.73 Å². The van der Waals surface area contributed by atoms with Gasteiger partial charge in [0.05, 0.1) is 5.69 Å². The molecule has 4 nitrogen and oxygen atoms in total. The average Bonchev–Trinajstić information content (AvgIpc) is 2.38. The van der Waals surface area contributed by atoms with Crippen LogP contribution in [0.5, 0.6) is 0 Å². The number of hydrogen-bond acceptors (Lipinski definition) is 4. The minimum absolute atomic E-state index is 0.193. The number of aryl methyl sites for hydroxylation is 1. The maximum Gasteiger partial charge on any atom is 0.159 e. The van der Waals surface area contributed by atoms with E-state index in [1.165, 1.54) is 0 Å². The molecule has 0 amide bonds. The Morgan fingerprint density at radius 2 is 1.88 bits per heavy atom. The Kier molecular flexibility index (Phi) is 3.39. The number of alkyl halides is 1. The van der Waals surface area contributed by atoms with Crippen LogP contribution in [-0.4, -0.2) is 15.0 Å². The van der Waals surface area contributed by atoms with E-state index in [1.54, 1.807) is 12.4 Å². The first-order valence-electron chi connectivity index (χ1n) is 5.28. The summed E-state index contributed by atoms with van der Waals surface area (Å²) in [5.74, 6) is 0.193. The number of nitrogens with zero attached hydrogens (tertiary/aromatic N) is 3. The fourth-order valence-electron chi connectivity index (χ4n) is 1.58. The molecule has 0 atom stereocenters. The van der Waals surface area contributed by atoms with Crippen molar-refractivity contribution in [2.45, 2.75) is 20.1 Å². The Morgan fingerprint density at radius 3 is 2.47 bits per heavy atom. The molecule has 2 rings (SSSR count). The van der Waals surface area contributed by atoms with Crippen molar-refractivity contribution in [3.8, 4) is 11.1 Å². The fourth-order valence-corrected chi connectivity index (χ4v) is 1.58. The van der Waals surface area contributed by atoms with Crippen LogP contribution in [0.15, 0.2) is 24.5 Å². The highest BCUT2D eigenvalue weighted by Gasteiger charge is 2.03. The van der Waals surface area contributed by atoms with Gasteiger partial charge in [-0.1, -0.05) is 0 Å². The lowest BCUT2D eigenvalue weighted by Crippen LogP contribution is -2.01. The molecule has 0 fully saturated rings. The summed E-state index contributed by atoms with van der Waals surface area (Å²) in [4.78, 5) is 12.1. The molecule has 2 N–H and O–H groups in total. The third kappa shape index (κ3) is 2.62. The zero-order chi connectivity index (χ0) is 12.3. The minimum atomic E-state index is -0.649. The molecule has 0 unspecified atom stereocenters. The van der Waals surface area contributed by atoms with Gasteiger partial charge in [0.2, 0.25) is 0 Å². The van der Waals surface area contributed by atoms with Gasteiger partial charge in [-0.15, -0.1) is 0 Å².